The van der Waals surface area contributed by atoms with Crippen LogP contribution in [0.4, 0.5) is 11.4 Å². The normalized spacial score (nSPS) is 17.9. The van der Waals surface area contributed by atoms with E-state index in [9.17, 15) is 19.7 Å². The number of rotatable bonds is 6. The number of hydrogen-bond donors (Lipinski definition) is 0. The molecule has 40 heavy (non-hydrogen) atoms. The van der Waals surface area contributed by atoms with Crippen LogP contribution >= 0.6 is 11.3 Å². The molecule has 2 aliphatic heterocycles. The summed E-state index contributed by atoms with van der Waals surface area (Å²) >= 11 is 1.20. The quantitative estimate of drug-likeness (QED) is 0.259. The summed E-state index contributed by atoms with van der Waals surface area (Å²) in [4.78, 5) is 47.8. The third-order valence-corrected chi connectivity index (χ3v) is 8.25. The maximum atomic E-state index is 14.0. The zero-order valence-electron chi connectivity index (χ0n) is 22.9. The molecule has 0 bridgehead atoms. The van der Waals surface area contributed by atoms with E-state index in [1.165, 1.54) is 28.0 Å². The lowest BCUT2D eigenvalue weighted by Gasteiger charge is -2.34. The summed E-state index contributed by atoms with van der Waals surface area (Å²) in [7, 11) is 2.06. The van der Waals surface area contributed by atoms with Gasteiger partial charge in [-0.05, 0) is 45.5 Å². The maximum Gasteiger partial charge on any atom is 0.338 e. The Kier molecular flexibility index (Phi) is 7.68. The zero-order chi connectivity index (χ0) is 28.6. The number of esters is 1. The van der Waals surface area contributed by atoms with Gasteiger partial charge in [-0.25, -0.2) is 9.79 Å². The van der Waals surface area contributed by atoms with Crippen LogP contribution in [0.3, 0.4) is 0 Å². The van der Waals surface area contributed by atoms with Gasteiger partial charge < -0.3 is 14.5 Å². The fourth-order valence-electron chi connectivity index (χ4n) is 5.10. The van der Waals surface area contributed by atoms with Gasteiger partial charge in [-0.2, -0.15) is 0 Å². The number of likely N-dealkylation sites (N-methyl/N-ethyl adjacent to an activating group) is 1. The van der Waals surface area contributed by atoms with Crippen LogP contribution in [-0.2, 0) is 9.53 Å². The highest BCUT2D eigenvalue weighted by Gasteiger charge is 2.33. The molecule has 208 valence electrons. The van der Waals surface area contributed by atoms with Crippen molar-refractivity contribution in [3.05, 3.63) is 100 Å². The number of fused-ring (bicyclic) bond motifs is 1. The lowest BCUT2D eigenvalue weighted by atomic mass is 9.95. The molecule has 3 aromatic rings. The predicted molar refractivity (Wildman–Crippen MR) is 154 cm³/mol. The van der Waals surface area contributed by atoms with Crippen molar-refractivity contribution in [1.29, 1.82) is 0 Å². The number of nitro benzene ring substituents is 1. The molecule has 0 saturated carbocycles. The molecular weight excluding hydrogens is 530 g/mol. The molecular formula is C29H31N5O5S. The van der Waals surface area contributed by atoms with Gasteiger partial charge in [0.05, 0.1) is 33.4 Å². The molecule has 1 saturated heterocycles. The van der Waals surface area contributed by atoms with E-state index in [1.807, 2.05) is 31.2 Å². The van der Waals surface area contributed by atoms with E-state index in [-0.39, 0.29) is 17.9 Å². The summed E-state index contributed by atoms with van der Waals surface area (Å²) in [5.41, 5.74) is 3.69. The number of benzene rings is 2. The number of nitrogens with zero attached hydrogens (tertiary/aromatic N) is 5. The Balaban J connectivity index is 1.70. The topological polar surface area (TPSA) is 110 Å². The highest BCUT2D eigenvalue weighted by atomic mass is 32.1. The third kappa shape index (κ3) is 5.22. The lowest BCUT2D eigenvalue weighted by molar-refractivity contribution is -0.384. The zero-order valence-corrected chi connectivity index (χ0v) is 23.7. The molecule has 5 rings (SSSR count). The Hall–Kier alpha value is -4.09. The van der Waals surface area contributed by atoms with Gasteiger partial charge >= 0.3 is 5.97 Å². The first kappa shape index (κ1) is 27.5. The van der Waals surface area contributed by atoms with Crippen molar-refractivity contribution in [2.75, 3.05) is 44.7 Å². The molecule has 0 N–H and O–H groups in total. The SMILES string of the molecule is CCOC(=O)C1=C(C)N=c2s/c(=C\c3cc([N+](=O)[O-])ccc3N3CCN(C)CC3)c(=O)n2[C@H]1c1ccc(C)cc1. The van der Waals surface area contributed by atoms with Crippen LogP contribution in [0.5, 0.6) is 0 Å². The van der Waals surface area contributed by atoms with Crippen molar-refractivity contribution >= 4 is 34.8 Å². The van der Waals surface area contributed by atoms with Crippen molar-refractivity contribution in [3.63, 3.8) is 0 Å². The average Bonchev–Trinajstić information content (AvgIpc) is 3.23. The van der Waals surface area contributed by atoms with E-state index in [0.29, 0.717) is 26.2 Å². The first-order valence-electron chi connectivity index (χ1n) is 13.2. The van der Waals surface area contributed by atoms with Crippen LogP contribution in [-0.4, -0.2) is 60.2 Å². The number of non-ortho nitro benzene ring substituents is 1. The van der Waals surface area contributed by atoms with Crippen molar-refractivity contribution < 1.29 is 14.5 Å². The van der Waals surface area contributed by atoms with Gasteiger partial charge in [-0.3, -0.25) is 19.5 Å². The molecule has 2 aliphatic rings. The molecule has 10 nitrogen and oxygen atoms in total. The number of thiazole rings is 1. The van der Waals surface area contributed by atoms with Gasteiger partial charge in [0.15, 0.2) is 4.80 Å². The Bertz CT molecular complexity index is 1680. The number of carbonyl (C=O) groups is 1. The average molecular weight is 562 g/mol. The van der Waals surface area contributed by atoms with E-state index in [1.54, 1.807) is 26.0 Å². The summed E-state index contributed by atoms with van der Waals surface area (Å²) in [5, 5.41) is 11.6. The molecule has 0 unspecified atom stereocenters. The number of allylic oxidation sites excluding steroid dienone is 1. The number of ether oxygens (including phenoxy) is 1. The second-order valence-electron chi connectivity index (χ2n) is 10.0. The minimum atomic E-state index is -0.708. The molecule has 3 heterocycles. The lowest BCUT2D eigenvalue weighted by Crippen LogP contribution is -2.44. The number of aromatic nitrogens is 1. The van der Waals surface area contributed by atoms with Crippen LogP contribution in [0, 0.1) is 17.0 Å². The molecule has 1 aromatic heterocycles. The number of piperazine rings is 1. The first-order chi connectivity index (χ1) is 19.2. The highest BCUT2D eigenvalue weighted by molar-refractivity contribution is 7.07. The van der Waals surface area contributed by atoms with Crippen LogP contribution in [0.2, 0.25) is 0 Å². The number of nitro groups is 1. The summed E-state index contributed by atoms with van der Waals surface area (Å²) < 4.78 is 7.28. The predicted octanol–water partition coefficient (Wildman–Crippen LogP) is 2.77. The van der Waals surface area contributed by atoms with Gasteiger partial charge in [0.25, 0.3) is 11.2 Å². The van der Waals surface area contributed by atoms with Gasteiger partial charge in [0, 0.05) is 49.6 Å². The number of aryl methyl sites for hydroxylation is 1. The number of anilines is 1. The number of carbonyl (C=O) groups excluding carboxylic acids is 1. The fraction of sp³-hybridized carbons (Fsp3) is 0.345. The van der Waals surface area contributed by atoms with E-state index in [0.717, 1.165) is 43.0 Å². The molecule has 1 atom stereocenters. The Morgan fingerprint density at radius 1 is 1.15 bits per heavy atom. The first-order valence-corrected chi connectivity index (χ1v) is 14.0. The van der Waals surface area contributed by atoms with Crippen LogP contribution in [0.1, 0.15) is 36.6 Å². The van der Waals surface area contributed by atoms with Gasteiger partial charge in [-0.15, -0.1) is 0 Å². The van der Waals surface area contributed by atoms with E-state index in [4.69, 9.17) is 4.74 Å². The Labute approximate surface area is 235 Å². The van der Waals surface area contributed by atoms with Crippen molar-refractivity contribution in [2.45, 2.75) is 26.8 Å². The van der Waals surface area contributed by atoms with Crippen LogP contribution < -0.4 is 19.8 Å². The summed E-state index contributed by atoms with van der Waals surface area (Å²) in [6.07, 6.45) is 1.71. The largest absolute Gasteiger partial charge is 0.463 e. The van der Waals surface area contributed by atoms with Gasteiger partial charge in [0.2, 0.25) is 0 Å². The molecule has 0 aliphatic carbocycles. The molecule has 0 spiro atoms. The third-order valence-electron chi connectivity index (χ3n) is 7.26. The highest BCUT2D eigenvalue weighted by Crippen LogP contribution is 2.31. The van der Waals surface area contributed by atoms with Gasteiger partial charge in [-0.1, -0.05) is 41.2 Å². The van der Waals surface area contributed by atoms with Crippen molar-refractivity contribution in [1.82, 2.24) is 9.47 Å². The summed E-state index contributed by atoms with van der Waals surface area (Å²) in [6, 6.07) is 11.7. The molecule has 0 radical (unpaired) electrons. The maximum absolute atomic E-state index is 14.0. The molecule has 0 amide bonds. The summed E-state index contributed by atoms with van der Waals surface area (Å²) in [6.45, 7) is 8.92. The van der Waals surface area contributed by atoms with E-state index in [2.05, 4.69) is 21.8 Å². The summed E-state index contributed by atoms with van der Waals surface area (Å²) in [5.74, 6) is -0.514. The number of hydrogen-bond acceptors (Lipinski definition) is 9. The van der Waals surface area contributed by atoms with E-state index >= 15 is 0 Å². The Morgan fingerprint density at radius 2 is 1.85 bits per heavy atom. The molecule has 2 aromatic carbocycles. The van der Waals surface area contributed by atoms with Crippen LogP contribution in [0.25, 0.3) is 6.08 Å². The second kappa shape index (κ2) is 11.2. The molecule has 11 heteroatoms. The minimum absolute atomic E-state index is 0.0464. The van der Waals surface area contributed by atoms with Gasteiger partial charge in [0.1, 0.15) is 0 Å². The smallest absolute Gasteiger partial charge is 0.338 e. The standard InChI is InChI=1S/C29H31N5O5S/c1-5-39-28(36)25-19(3)30-29-33(26(25)20-8-6-18(2)7-9-20)27(35)24(40-29)17-21-16-22(34(37)38)10-11-23(21)32-14-12-31(4)13-15-32/h6-11,16-17,26H,5,12-15H2,1-4H3/b24-17-/t26-/m0/s1. The fourth-order valence-corrected chi connectivity index (χ4v) is 6.14. The van der Waals surface area contributed by atoms with Crippen LogP contribution in [0.15, 0.2) is 63.5 Å². The van der Waals surface area contributed by atoms with Crippen molar-refractivity contribution in [2.24, 2.45) is 4.99 Å². The second-order valence-corrected chi connectivity index (χ2v) is 11.0. The van der Waals surface area contributed by atoms with Crippen molar-refractivity contribution in [3.8, 4) is 0 Å². The molecule has 1 fully saturated rings. The monoisotopic (exact) mass is 561 g/mol. The Morgan fingerprint density at radius 3 is 2.50 bits per heavy atom. The minimum Gasteiger partial charge on any atom is -0.463 e. The van der Waals surface area contributed by atoms with E-state index < -0.39 is 16.9 Å².